The van der Waals surface area contributed by atoms with Crippen molar-refractivity contribution in [2.45, 2.75) is 51.5 Å². The van der Waals surface area contributed by atoms with Gasteiger partial charge in [-0.25, -0.2) is 14.5 Å². The zero-order valence-electron chi connectivity index (χ0n) is 20.0. The van der Waals surface area contributed by atoms with Crippen LogP contribution in [0.15, 0.2) is 36.8 Å². The summed E-state index contributed by atoms with van der Waals surface area (Å²) in [6.07, 6.45) is 1.88. The Kier molecular flexibility index (Phi) is 7.28. The molecule has 2 aliphatic heterocycles. The van der Waals surface area contributed by atoms with Gasteiger partial charge in [-0.05, 0) is 30.2 Å². The maximum Gasteiger partial charge on any atom is 0.490 e. The van der Waals surface area contributed by atoms with Gasteiger partial charge in [0, 0.05) is 37.3 Å². The SMILES string of the molecule is CCc1nccn1Cc1cn(-c2ccc3c(c2)CN(C2CCC(=O)NC2=O)C3=O)nn1.O=C(O)C(F)(F)F. The number of halogens is 3. The molecule has 0 saturated carbocycles. The molecule has 3 amide bonds. The number of fused-ring (bicyclic) bond motifs is 1. The number of alkyl halides is 3. The molecule has 0 spiro atoms. The number of carboxylic acids is 1. The van der Waals surface area contributed by atoms with Gasteiger partial charge in [-0.2, -0.15) is 13.2 Å². The predicted octanol–water partition coefficient (Wildman–Crippen LogP) is 1.47. The molecule has 5 rings (SSSR count). The van der Waals surface area contributed by atoms with Crippen molar-refractivity contribution < 1.29 is 37.5 Å². The summed E-state index contributed by atoms with van der Waals surface area (Å²) in [5, 5.41) is 17.9. The van der Waals surface area contributed by atoms with Crippen LogP contribution in [-0.2, 0) is 33.9 Å². The maximum atomic E-state index is 12.8. The number of carbonyl (C=O) groups is 4. The number of amides is 3. The van der Waals surface area contributed by atoms with Crippen molar-refractivity contribution in [2.24, 2.45) is 0 Å². The van der Waals surface area contributed by atoms with Crippen LogP contribution < -0.4 is 5.32 Å². The highest BCUT2D eigenvalue weighted by Crippen LogP contribution is 2.29. The number of aryl methyl sites for hydroxylation is 1. The second-order valence-electron chi connectivity index (χ2n) is 8.52. The van der Waals surface area contributed by atoms with Crippen molar-refractivity contribution in [1.29, 1.82) is 0 Å². The second-order valence-corrected chi connectivity index (χ2v) is 8.52. The molecule has 1 fully saturated rings. The van der Waals surface area contributed by atoms with Crippen molar-refractivity contribution >= 4 is 23.7 Å². The summed E-state index contributed by atoms with van der Waals surface area (Å²) >= 11 is 0. The first-order valence-electron chi connectivity index (χ1n) is 11.5. The minimum Gasteiger partial charge on any atom is -0.475 e. The molecular formula is C23H22F3N7O5. The third-order valence-electron chi connectivity index (χ3n) is 6.01. The monoisotopic (exact) mass is 533 g/mol. The van der Waals surface area contributed by atoms with E-state index in [1.54, 1.807) is 16.9 Å². The average molecular weight is 533 g/mol. The Bertz CT molecular complexity index is 1400. The summed E-state index contributed by atoms with van der Waals surface area (Å²) in [6, 6.07) is 4.84. The van der Waals surface area contributed by atoms with E-state index in [0.717, 1.165) is 29.2 Å². The fraction of sp³-hybridized carbons (Fsp3) is 0.348. The summed E-state index contributed by atoms with van der Waals surface area (Å²) in [7, 11) is 0. The molecule has 38 heavy (non-hydrogen) atoms. The normalized spacial score (nSPS) is 17.1. The lowest BCUT2D eigenvalue weighted by Gasteiger charge is -2.29. The number of hydrogen-bond donors (Lipinski definition) is 2. The topological polar surface area (TPSA) is 152 Å². The molecule has 15 heteroatoms. The first kappa shape index (κ1) is 26.5. The van der Waals surface area contributed by atoms with Crippen LogP contribution in [0.5, 0.6) is 0 Å². The van der Waals surface area contributed by atoms with E-state index >= 15 is 0 Å². The average Bonchev–Trinajstić information content (AvgIpc) is 3.58. The van der Waals surface area contributed by atoms with Crippen LogP contribution >= 0.6 is 0 Å². The minimum atomic E-state index is -5.08. The summed E-state index contributed by atoms with van der Waals surface area (Å²) in [5.41, 5.74) is 2.98. The molecule has 1 saturated heterocycles. The number of imidazole rings is 1. The van der Waals surface area contributed by atoms with Crippen LogP contribution in [0, 0.1) is 0 Å². The number of imide groups is 1. The van der Waals surface area contributed by atoms with Gasteiger partial charge in [-0.1, -0.05) is 12.1 Å². The highest BCUT2D eigenvalue weighted by molar-refractivity contribution is 6.05. The Morgan fingerprint density at radius 3 is 2.63 bits per heavy atom. The van der Waals surface area contributed by atoms with Crippen LogP contribution in [0.4, 0.5) is 13.2 Å². The summed E-state index contributed by atoms with van der Waals surface area (Å²) < 4.78 is 35.4. The van der Waals surface area contributed by atoms with Crippen LogP contribution in [0.25, 0.3) is 5.69 Å². The number of carboxylic acid groups (broad SMARTS) is 1. The number of benzene rings is 1. The Morgan fingerprint density at radius 1 is 1.24 bits per heavy atom. The van der Waals surface area contributed by atoms with Gasteiger partial charge >= 0.3 is 12.1 Å². The van der Waals surface area contributed by atoms with Crippen LogP contribution in [0.3, 0.4) is 0 Å². The van der Waals surface area contributed by atoms with Gasteiger partial charge < -0.3 is 14.6 Å². The molecular weight excluding hydrogens is 511 g/mol. The Morgan fingerprint density at radius 2 is 1.97 bits per heavy atom. The van der Waals surface area contributed by atoms with Crippen molar-refractivity contribution in [1.82, 2.24) is 34.8 Å². The number of aromatic nitrogens is 5. The summed E-state index contributed by atoms with van der Waals surface area (Å²) in [4.78, 5) is 51.2. The van der Waals surface area contributed by atoms with Crippen LogP contribution in [-0.4, -0.2) is 70.5 Å². The van der Waals surface area contributed by atoms with E-state index in [9.17, 15) is 27.6 Å². The third kappa shape index (κ3) is 5.55. The zero-order chi connectivity index (χ0) is 27.6. The molecule has 1 aromatic carbocycles. The van der Waals surface area contributed by atoms with Crippen molar-refractivity contribution in [3.63, 3.8) is 0 Å². The highest BCUT2D eigenvalue weighted by atomic mass is 19.4. The number of rotatable bonds is 5. The lowest BCUT2D eigenvalue weighted by Crippen LogP contribution is -2.52. The second kappa shape index (κ2) is 10.4. The molecule has 2 aliphatic rings. The Balaban J connectivity index is 0.000000426. The fourth-order valence-electron chi connectivity index (χ4n) is 4.17. The van der Waals surface area contributed by atoms with Gasteiger partial charge in [0.05, 0.1) is 18.4 Å². The number of hydrogen-bond acceptors (Lipinski definition) is 7. The first-order chi connectivity index (χ1) is 18.0. The molecule has 0 bridgehead atoms. The molecule has 2 aromatic heterocycles. The quantitative estimate of drug-likeness (QED) is 0.468. The standard InChI is InChI=1S/C21H21N7O3.C2HF3O2/c1-2-18-22-7-8-26(18)11-14-12-28(25-24-14)15-3-4-16-13(9-15)10-27(21(16)31)17-5-6-19(29)23-20(17)30;3-2(4,5)1(6)7/h3-4,7-9,12,17H,2,5-6,10-11H2,1H3,(H,23,29,30);(H,6,7). The van der Waals surface area contributed by atoms with E-state index in [0.29, 0.717) is 25.1 Å². The number of carbonyl (C=O) groups excluding carboxylic acids is 3. The Hall–Kier alpha value is -4.56. The Labute approximate surface area is 213 Å². The van der Waals surface area contributed by atoms with E-state index in [4.69, 9.17) is 9.90 Å². The molecule has 2 N–H and O–H groups in total. The predicted molar refractivity (Wildman–Crippen MR) is 122 cm³/mol. The van der Waals surface area contributed by atoms with Crippen LogP contribution in [0.2, 0.25) is 0 Å². The number of aliphatic carboxylic acids is 1. The molecule has 0 radical (unpaired) electrons. The molecule has 3 aromatic rings. The van der Waals surface area contributed by atoms with Crippen molar-refractivity contribution in [3.8, 4) is 5.69 Å². The number of nitrogens with zero attached hydrogens (tertiary/aromatic N) is 6. The third-order valence-corrected chi connectivity index (χ3v) is 6.01. The van der Waals surface area contributed by atoms with Crippen molar-refractivity contribution in [2.75, 3.05) is 0 Å². The van der Waals surface area contributed by atoms with Crippen LogP contribution in [0.1, 0.15) is 47.2 Å². The van der Waals surface area contributed by atoms with Gasteiger partial charge in [0.2, 0.25) is 11.8 Å². The first-order valence-corrected chi connectivity index (χ1v) is 11.5. The van der Waals surface area contributed by atoms with E-state index in [2.05, 4.69) is 27.5 Å². The molecule has 0 aliphatic carbocycles. The smallest absolute Gasteiger partial charge is 0.475 e. The molecule has 12 nitrogen and oxygen atoms in total. The van der Waals surface area contributed by atoms with E-state index in [-0.39, 0.29) is 18.2 Å². The van der Waals surface area contributed by atoms with Gasteiger partial charge in [0.25, 0.3) is 5.91 Å². The van der Waals surface area contributed by atoms with E-state index < -0.39 is 24.1 Å². The lowest BCUT2D eigenvalue weighted by molar-refractivity contribution is -0.192. The van der Waals surface area contributed by atoms with Gasteiger partial charge in [0.1, 0.15) is 17.6 Å². The maximum absolute atomic E-state index is 12.8. The fourth-order valence-corrected chi connectivity index (χ4v) is 4.17. The highest BCUT2D eigenvalue weighted by Gasteiger charge is 2.39. The van der Waals surface area contributed by atoms with E-state index in [1.807, 2.05) is 29.1 Å². The largest absolute Gasteiger partial charge is 0.490 e. The minimum absolute atomic E-state index is 0.192. The molecule has 200 valence electrons. The number of nitrogens with one attached hydrogen (secondary N) is 1. The van der Waals surface area contributed by atoms with Gasteiger partial charge in [-0.3, -0.25) is 19.7 Å². The summed E-state index contributed by atoms with van der Waals surface area (Å²) in [6.45, 7) is 2.96. The van der Waals surface area contributed by atoms with Gasteiger partial charge in [-0.15, -0.1) is 5.10 Å². The zero-order valence-corrected chi connectivity index (χ0v) is 20.0. The van der Waals surface area contributed by atoms with E-state index in [1.165, 1.54) is 4.90 Å². The lowest BCUT2D eigenvalue weighted by atomic mass is 10.0. The molecule has 1 atom stereocenters. The molecule has 1 unspecified atom stereocenters. The summed E-state index contributed by atoms with van der Waals surface area (Å²) in [5.74, 6) is -2.67. The van der Waals surface area contributed by atoms with Crippen molar-refractivity contribution in [3.05, 3.63) is 59.4 Å². The number of piperidine rings is 1. The molecule has 4 heterocycles. The van der Waals surface area contributed by atoms with Gasteiger partial charge in [0.15, 0.2) is 0 Å².